The standard InChI is InChI=1S/C11H15F2N/c1-2-3-4-5-14-11-7-9(12)6-10(13)8-11/h6-8,14H,2-5H2,1H3. The molecule has 1 N–H and O–H groups in total. The van der Waals surface area contributed by atoms with Gasteiger partial charge in [0.2, 0.25) is 0 Å². The Labute approximate surface area is 83.1 Å². The minimum absolute atomic E-state index is 0.513. The summed E-state index contributed by atoms with van der Waals surface area (Å²) in [7, 11) is 0. The van der Waals surface area contributed by atoms with Crippen molar-refractivity contribution in [2.45, 2.75) is 26.2 Å². The Morgan fingerprint density at radius 2 is 1.71 bits per heavy atom. The van der Waals surface area contributed by atoms with Gasteiger partial charge in [-0.2, -0.15) is 0 Å². The Balaban J connectivity index is 2.42. The van der Waals surface area contributed by atoms with Gasteiger partial charge in [0.1, 0.15) is 11.6 Å². The van der Waals surface area contributed by atoms with Crippen LogP contribution in [0, 0.1) is 11.6 Å². The Morgan fingerprint density at radius 1 is 1.07 bits per heavy atom. The number of unbranched alkanes of at least 4 members (excludes halogenated alkanes) is 2. The molecule has 0 saturated carbocycles. The Morgan fingerprint density at radius 3 is 2.29 bits per heavy atom. The van der Waals surface area contributed by atoms with Crippen LogP contribution in [-0.2, 0) is 0 Å². The molecule has 0 bridgehead atoms. The minimum atomic E-state index is -0.539. The fourth-order valence-electron chi connectivity index (χ4n) is 1.26. The van der Waals surface area contributed by atoms with Crippen molar-refractivity contribution in [1.29, 1.82) is 0 Å². The first-order chi connectivity index (χ1) is 6.72. The van der Waals surface area contributed by atoms with Gasteiger partial charge in [-0.1, -0.05) is 19.8 Å². The maximum absolute atomic E-state index is 12.7. The average Bonchev–Trinajstić information content (AvgIpc) is 2.11. The molecule has 78 valence electrons. The summed E-state index contributed by atoms with van der Waals surface area (Å²) in [4.78, 5) is 0. The largest absolute Gasteiger partial charge is 0.385 e. The van der Waals surface area contributed by atoms with E-state index in [1.54, 1.807) is 0 Å². The smallest absolute Gasteiger partial charge is 0.128 e. The van der Waals surface area contributed by atoms with Crippen LogP contribution in [0.1, 0.15) is 26.2 Å². The lowest BCUT2D eigenvalue weighted by Crippen LogP contribution is -2.01. The van der Waals surface area contributed by atoms with Crippen LogP contribution in [-0.4, -0.2) is 6.54 Å². The van der Waals surface area contributed by atoms with Crippen LogP contribution in [0.5, 0.6) is 0 Å². The van der Waals surface area contributed by atoms with Crippen LogP contribution in [0.15, 0.2) is 18.2 Å². The predicted octanol–water partition coefficient (Wildman–Crippen LogP) is 3.57. The van der Waals surface area contributed by atoms with Crippen molar-refractivity contribution >= 4 is 5.69 Å². The summed E-state index contributed by atoms with van der Waals surface area (Å²) in [5.74, 6) is -1.08. The lowest BCUT2D eigenvalue weighted by molar-refractivity contribution is 0.584. The van der Waals surface area contributed by atoms with Crippen LogP contribution in [0.25, 0.3) is 0 Å². The highest BCUT2D eigenvalue weighted by molar-refractivity contribution is 5.43. The molecule has 0 amide bonds. The molecule has 0 radical (unpaired) electrons. The van der Waals surface area contributed by atoms with Gasteiger partial charge in [-0.05, 0) is 18.6 Å². The highest BCUT2D eigenvalue weighted by Gasteiger charge is 1.98. The maximum Gasteiger partial charge on any atom is 0.128 e. The van der Waals surface area contributed by atoms with E-state index in [0.717, 1.165) is 31.9 Å². The van der Waals surface area contributed by atoms with Crippen LogP contribution in [0.3, 0.4) is 0 Å². The van der Waals surface area contributed by atoms with Crippen molar-refractivity contribution in [3.8, 4) is 0 Å². The Kier molecular flexibility index (Phi) is 4.36. The molecule has 1 rings (SSSR count). The van der Waals surface area contributed by atoms with Gasteiger partial charge in [-0.15, -0.1) is 0 Å². The fourth-order valence-corrected chi connectivity index (χ4v) is 1.26. The zero-order chi connectivity index (χ0) is 10.4. The zero-order valence-corrected chi connectivity index (χ0v) is 8.32. The molecule has 14 heavy (non-hydrogen) atoms. The summed E-state index contributed by atoms with van der Waals surface area (Å²) in [5, 5.41) is 2.98. The van der Waals surface area contributed by atoms with Crippen molar-refractivity contribution in [1.82, 2.24) is 0 Å². The van der Waals surface area contributed by atoms with Gasteiger partial charge in [0.05, 0.1) is 0 Å². The topological polar surface area (TPSA) is 12.0 Å². The number of hydrogen-bond acceptors (Lipinski definition) is 1. The van der Waals surface area contributed by atoms with E-state index in [1.165, 1.54) is 12.1 Å². The summed E-state index contributed by atoms with van der Waals surface area (Å²) in [6.45, 7) is 2.87. The molecule has 0 aliphatic heterocycles. The van der Waals surface area contributed by atoms with E-state index in [9.17, 15) is 8.78 Å². The lowest BCUT2D eigenvalue weighted by Gasteiger charge is -2.05. The van der Waals surface area contributed by atoms with Crippen molar-refractivity contribution in [3.63, 3.8) is 0 Å². The van der Waals surface area contributed by atoms with Gasteiger partial charge in [0, 0.05) is 18.3 Å². The van der Waals surface area contributed by atoms with Crippen LogP contribution in [0.4, 0.5) is 14.5 Å². The maximum atomic E-state index is 12.7. The molecule has 3 heteroatoms. The van der Waals surface area contributed by atoms with E-state index < -0.39 is 11.6 Å². The van der Waals surface area contributed by atoms with E-state index in [4.69, 9.17) is 0 Å². The van der Waals surface area contributed by atoms with Gasteiger partial charge >= 0.3 is 0 Å². The molecule has 0 fully saturated rings. The van der Waals surface area contributed by atoms with Crippen molar-refractivity contribution in [3.05, 3.63) is 29.8 Å². The van der Waals surface area contributed by atoms with E-state index >= 15 is 0 Å². The third kappa shape index (κ3) is 3.73. The molecule has 0 unspecified atom stereocenters. The number of hydrogen-bond donors (Lipinski definition) is 1. The summed E-state index contributed by atoms with van der Waals surface area (Å²) in [6.07, 6.45) is 3.29. The van der Waals surface area contributed by atoms with Gasteiger partial charge in [-0.25, -0.2) is 8.78 Å². The van der Waals surface area contributed by atoms with E-state index in [-0.39, 0.29) is 0 Å². The third-order valence-corrected chi connectivity index (χ3v) is 1.97. The average molecular weight is 199 g/mol. The molecule has 0 heterocycles. The number of anilines is 1. The van der Waals surface area contributed by atoms with Crippen molar-refractivity contribution in [2.24, 2.45) is 0 Å². The third-order valence-electron chi connectivity index (χ3n) is 1.97. The van der Waals surface area contributed by atoms with Gasteiger partial charge < -0.3 is 5.32 Å². The SMILES string of the molecule is CCCCCNc1cc(F)cc(F)c1. The lowest BCUT2D eigenvalue weighted by atomic mass is 10.2. The predicted molar refractivity (Wildman–Crippen MR) is 54.4 cm³/mol. The number of rotatable bonds is 5. The van der Waals surface area contributed by atoms with E-state index in [0.29, 0.717) is 5.69 Å². The number of halogens is 2. The molecular weight excluding hydrogens is 184 g/mol. The molecular formula is C11H15F2N. The first kappa shape index (κ1) is 11.0. The molecule has 1 aromatic rings. The normalized spacial score (nSPS) is 10.2. The van der Waals surface area contributed by atoms with Crippen molar-refractivity contribution in [2.75, 3.05) is 11.9 Å². The molecule has 0 aliphatic carbocycles. The minimum Gasteiger partial charge on any atom is -0.385 e. The van der Waals surface area contributed by atoms with Crippen LogP contribution < -0.4 is 5.32 Å². The zero-order valence-electron chi connectivity index (χ0n) is 8.32. The van der Waals surface area contributed by atoms with Gasteiger partial charge in [-0.3, -0.25) is 0 Å². The first-order valence-electron chi connectivity index (χ1n) is 4.92. The molecule has 0 spiro atoms. The highest BCUT2D eigenvalue weighted by Crippen LogP contribution is 2.12. The molecule has 1 nitrogen and oxygen atoms in total. The summed E-state index contributed by atoms with van der Waals surface area (Å²) < 4.78 is 25.4. The second-order valence-corrected chi connectivity index (χ2v) is 3.29. The second-order valence-electron chi connectivity index (χ2n) is 3.29. The van der Waals surface area contributed by atoms with Crippen molar-refractivity contribution < 1.29 is 8.78 Å². The highest BCUT2D eigenvalue weighted by atomic mass is 19.1. The second kappa shape index (κ2) is 5.58. The summed E-state index contributed by atoms with van der Waals surface area (Å²) in [6, 6.07) is 3.47. The van der Waals surface area contributed by atoms with Crippen LogP contribution >= 0.6 is 0 Å². The molecule has 0 atom stereocenters. The first-order valence-corrected chi connectivity index (χ1v) is 4.92. The van der Waals surface area contributed by atoms with E-state index in [1.807, 2.05) is 0 Å². The molecule has 0 aliphatic rings. The monoisotopic (exact) mass is 199 g/mol. The summed E-state index contributed by atoms with van der Waals surface area (Å²) in [5.41, 5.74) is 0.513. The number of nitrogens with one attached hydrogen (secondary N) is 1. The number of benzene rings is 1. The quantitative estimate of drug-likeness (QED) is 0.715. The fraction of sp³-hybridized carbons (Fsp3) is 0.455. The Bertz CT molecular complexity index is 266. The molecule has 0 aromatic heterocycles. The van der Waals surface area contributed by atoms with Gasteiger partial charge in [0.15, 0.2) is 0 Å². The molecule has 0 saturated heterocycles. The summed E-state index contributed by atoms with van der Waals surface area (Å²) >= 11 is 0. The van der Waals surface area contributed by atoms with Gasteiger partial charge in [0.25, 0.3) is 0 Å². The Hall–Kier alpha value is -1.12. The van der Waals surface area contributed by atoms with Crippen LogP contribution in [0.2, 0.25) is 0 Å². The van der Waals surface area contributed by atoms with E-state index in [2.05, 4.69) is 12.2 Å². The molecule has 1 aromatic carbocycles.